The minimum Gasteiger partial charge on any atom is -0.454 e. The van der Waals surface area contributed by atoms with Gasteiger partial charge in [-0.1, -0.05) is 29.8 Å². The Morgan fingerprint density at radius 3 is 2.53 bits per heavy atom. The van der Waals surface area contributed by atoms with Crippen LogP contribution in [-0.4, -0.2) is 47.4 Å². The van der Waals surface area contributed by atoms with E-state index in [1.807, 2.05) is 19.1 Å². The molecule has 2 fully saturated rings. The van der Waals surface area contributed by atoms with Crippen molar-refractivity contribution in [3.05, 3.63) is 35.4 Å². The Bertz CT molecular complexity index is 934. The van der Waals surface area contributed by atoms with Gasteiger partial charge in [-0.2, -0.15) is 5.26 Å². The fourth-order valence-corrected chi connectivity index (χ4v) is 3.45. The van der Waals surface area contributed by atoms with Crippen molar-refractivity contribution in [2.24, 2.45) is 5.92 Å². The maximum absolute atomic E-state index is 12.8. The van der Waals surface area contributed by atoms with Gasteiger partial charge in [0.1, 0.15) is 17.6 Å². The average molecular weight is 412 g/mol. The van der Waals surface area contributed by atoms with Crippen LogP contribution in [0.4, 0.5) is 4.79 Å². The molecule has 2 atom stereocenters. The van der Waals surface area contributed by atoms with E-state index in [0.29, 0.717) is 5.56 Å². The van der Waals surface area contributed by atoms with Crippen molar-refractivity contribution in [2.45, 2.75) is 44.7 Å². The van der Waals surface area contributed by atoms with Crippen LogP contribution in [0.1, 0.15) is 37.8 Å². The summed E-state index contributed by atoms with van der Waals surface area (Å²) in [7, 11) is 0. The molecule has 2 N–H and O–H groups in total. The molecular formula is C21H24N4O5. The van der Waals surface area contributed by atoms with E-state index >= 15 is 0 Å². The highest BCUT2D eigenvalue weighted by atomic mass is 16.5. The molecule has 1 saturated carbocycles. The van der Waals surface area contributed by atoms with Crippen LogP contribution in [0.25, 0.3) is 0 Å². The summed E-state index contributed by atoms with van der Waals surface area (Å²) in [5, 5.41) is 14.4. The lowest BCUT2D eigenvalue weighted by molar-refractivity contribution is -0.151. The zero-order chi connectivity index (χ0) is 22.1. The lowest BCUT2D eigenvalue weighted by atomic mass is 9.91. The van der Waals surface area contributed by atoms with E-state index in [4.69, 9.17) is 4.74 Å². The predicted molar refractivity (Wildman–Crippen MR) is 105 cm³/mol. The fourth-order valence-electron chi connectivity index (χ4n) is 3.45. The zero-order valence-electron chi connectivity index (χ0n) is 17.2. The van der Waals surface area contributed by atoms with E-state index in [9.17, 15) is 24.4 Å². The molecule has 0 spiro atoms. The van der Waals surface area contributed by atoms with Gasteiger partial charge in [-0.25, -0.2) is 4.79 Å². The van der Waals surface area contributed by atoms with E-state index < -0.39 is 48.0 Å². The first kappa shape index (κ1) is 21.3. The summed E-state index contributed by atoms with van der Waals surface area (Å²) >= 11 is 0. The quantitative estimate of drug-likeness (QED) is 0.510. The van der Waals surface area contributed by atoms with E-state index in [-0.39, 0.29) is 5.92 Å². The van der Waals surface area contributed by atoms with Crippen molar-refractivity contribution in [3.8, 4) is 6.07 Å². The number of nitrogens with one attached hydrogen (secondary N) is 2. The number of carbonyl (C=O) groups is 4. The first-order chi connectivity index (χ1) is 14.1. The van der Waals surface area contributed by atoms with Crippen LogP contribution in [-0.2, 0) is 24.7 Å². The van der Waals surface area contributed by atoms with Crippen LogP contribution in [0, 0.1) is 24.2 Å². The van der Waals surface area contributed by atoms with Crippen LogP contribution >= 0.6 is 0 Å². The monoisotopic (exact) mass is 412 g/mol. The number of rotatable bonds is 7. The number of nitriles is 1. The Kier molecular flexibility index (Phi) is 5.53. The third-order valence-corrected chi connectivity index (χ3v) is 5.58. The molecule has 9 heteroatoms. The van der Waals surface area contributed by atoms with Gasteiger partial charge in [-0.15, -0.1) is 0 Å². The van der Waals surface area contributed by atoms with Crippen LogP contribution in [0.2, 0.25) is 0 Å². The number of ether oxygens (including phenoxy) is 1. The normalized spacial score (nSPS) is 22.7. The molecule has 2 aliphatic rings. The van der Waals surface area contributed by atoms with E-state index in [0.717, 1.165) is 23.3 Å². The van der Waals surface area contributed by atoms with E-state index in [1.165, 1.54) is 0 Å². The molecule has 158 valence electrons. The number of hydrogen-bond donors (Lipinski definition) is 2. The summed E-state index contributed by atoms with van der Waals surface area (Å²) in [5.74, 6) is -2.00. The van der Waals surface area contributed by atoms with Gasteiger partial charge in [0.2, 0.25) is 0 Å². The Labute approximate surface area is 174 Å². The molecule has 1 aliphatic carbocycles. The van der Waals surface area contributed by atoms with Crippen molar-refractivity contribution in [3.63, 3.8) is 0 Å². The number of urea groups is 1. The largest absolute Gasteiger partial charge is 0.454 e. The van der Waals surface area contributed by atoms with Gasteiger partial charge in [0.25, 0.3) is 11.8 Å². The van der Waals surface area contributed by atoms with Crippen molar-refractivity contribution in [2.75, 3.05) is 13.2 Å². The number of aryl methyl sites for hydroxylation is 1. The van der Waals surface area contributed by atoms with Crippen molar-refractivity contribution in [1.82, 2.24) is 15.5 Å². The first-order valence-electron chi connectivity index (χ1n) is 9.68. The molecule has 0 unspecified atom stereocenters. The van der Waals surface area contributed by atoms with E-state index in [2.05, 4.69) is 16.7 Å². The Hall–Kier alpha value is -3.41. The van der Waals surface area contributed by atoms with Crippen molar-refractivity contribution in [1.29, 1.82) is 5.26 Å². The number of benzene rings is 1. The molecule has 1 aromatic rings. The average Bonchev–Trinajstić information content (AvgIpc) is 3.53. The number of esters is 1. The summed E-state index contributed by atoms with van der Waals surface area (Å²) < 4.78 is 4.91. The second-order valence-electron chi connectivity index (χ2n) is 8.11. The molecular weight excluding hydrogens is 388 g/mol. The number of imide groups is 1. The number of nitrogens with zero attached hydrogens (tertiary/aromatic N) is 2. The zero-order valence-corrected chi connectivity index (χ0v) is 17.2. The minimum atomic E-state index is -1.29. The lowest BCUT2D eigenvalue weighted by Crippen LogP contribution is -2.48. The molecule has 1 heterocycles. The summed E-state index contributed by atoms with van der Waals surface area (Å²) in [6, 6.07) is 8.50. The summed E-state index contributed by atoms with van der Waals surface area (Å²) in [5.41, 5.74) is -0.685. The minimum absolute atomic E-state index is 0.0903. The Balaban J connectivity index is 1.57. The second-order valence-corrected chi connectivity index (χ2v) is 8.11. The highest BCUT2D eigenvalue weighted by Gasteiger charge is 2.49. The van der Waals surface area contributed by atoms with E-state index in [1.54, 1.807) is 26.0 Å². The number of carbonyl (C=O) groups excluding carboxylic acids is 4. The second kappa shape index (κ2) is 7.78. The smallest absolute Gasteiger partial charge is 0.326 e. The Morgan fingerprint density at radius 2 is 1.97 bits per heavy atom. The molecule has 4 amide bonds. The van der Waals surface area contributed by atoms with Crippen LogP contribution < -0.4 is 10.6 Å². The molecule has 9 nitrogen and oxygen atoms in total. The van der Waals surface area contributed by atoms with Crippen molar-refractivity contribution < 1.29 is 23.9 Å². The molecule has 1 aliphatic heterocycles. The van der Waals surface area contributed by atoms with Gasteiger partial charge in [-0.3, -0.25) is 19.3 Å². The van der Waals surface area contributed by atoms with Gasteiger partial charge >= 0.3 is 12.0 Å². The molecule has 0 radical (unpaired) electrons. The van der Waals surface area contributed by atoms with Crippen LogP contribution in [0.3, 0.4) is 0 Å². The lowest BCUT2D eigenvalue weighted by Gasteiger charge is -2.23. The molecule has 0 aromatic heterocycles. The van der Waals surface area contributed by atoms with Gasteiger partial charge in [0.05, 0.1) is 6.07 Å². The Morgan fingerprint density at radius 1 is 1.33 bits per heavy atom. The predicted octanol–water partition coefficient (Wildman–Crippen LogP) is 1.11. The summed E-state index contributed by atoms with van der Waals surface area (Å²) in [6.07, 6.45) is 1.71. The van der Waals surface area contributed by atoms with Gasteiger partial charge in [-0.05, 0) is 45.1 Å². The third-order valence-electron chi connectivity index (χ3n) is 5.58. The fraction of sp³-hybridized carbons (Fsp3) is 0.476. The molecule has 30 heavy (non-hydrogen) atoms. The first-order valence-corrected chi connectivity index (χ1v) is 9.68. The number of hydrogen-bond acceptors (Lipinski definition) is 6. The summed E-state index contributed by atoms with van der Waals surface area (Å²) in [4.78, 5) is 50.0. The molecule has 3 rings (SSSR count). The van der Waals surface area contributed by atoms with Crippen LogP contribution in [0.5, 0.6) is 0 Å². The maximum atomic E-state index is 12.8. The highest BCUT2D eigenvalue weighted by Crippen LogP contribution is 2.39. The molecule has 1 saturated heterocycles. The third kappa shape index (κ3) is 4.13. The number of amides is 4. The molecule has 1 aromatic carbocycles. The highest BCUT2D eigenvalue weighted by molar-refractivity contribution is 6.08. The van der Waals surface area contributed by atoms with Gasteiger partial charge < -0.3 is 15.4 Å². The topological polar surface area (TPSA) is 129 Å². The van der Waals surface area contributed by atoms with Crippen LogP contribution in [0.15, 0.2) is 24.3 Å². The van der Waals surface area contributed by atoms with Gasteiger partial charge in [0, 0.05) is 0 Å². The molecule has 0 bridgehead atoms. The summed E-state index contributed by atoms with van der Waals surface area (Å²) in [6.45, 7) is 3.89. The standard InChI is InChI=1S/C21H24N4O5/c1-13-4-6-15(7-5-13)21(3)18(28)25(19(29)24-21)10-17(27)30-11-16(26)23-20(2,12-22)14-8-9-14/h4-7,14H,8-11H2,1-3H3,(H,23,26)(H,24,29)/t20-,21-/m1/s1. The SMILES string of the molecule is Cc1ccc([C@@]2(C)NC(=O)N(CC(=O)OCC(=O)N[C@](C)(C#N)C3CC3)C2=O)cc1. The van der Waals surface area contributed by atoms with Gasteiger partial charge in [0.15, 0.2) is 6.61 Å². The van der Waals surface area contributed by atoms with Crippen molar-refractivity contribution >= 4 is 23.8 Å². The maximum Gasteiger partial charge on any atom is 0.326 e.